The van der Waals surface area contributed by atoms with Crippen molar-refractivity contribution >= 4 is 16.0 Å². The summed E-state index contributed by atoms with van der Waals surface area (Å²) in [4.78, 5) is 12.7. The zero-order chi connectivity index (χ0) is 29.8. The van der Waals surface area contributed by atoms with Crippen LogP contribution in [-0.2, 0) is 38.7 Å². The normalized spacial score (nSPS) is 13.7. The fraction of sp³-hybridized carbons (Fsp3) is 0.536. The number of methoxy groups -OCH3 is 1. The molecule has 0 fully saturated rings. The highest BCUT2D eigenvalue weighted by Crippen LogP contribution is 2.29. The fourth-order valence-corrected chi connectivity index (χ4v) is 5.76. The summed E-state index contributed by atoms with van der Waals surface area (Å²) in [6, 6.07) is 11.3. The van der Waals surface area contributed by atoms with E-state index >= 15 is 0 Å². The predicted octanol–water partition coefficient (Wildman–Crippen LogP) is 4.13. The molecule has 0 heterocycles. The van der Waals surface area contributed by atoms with Crippen LogP contribution in [0.4, 0.5) is 13.2 Å². The van der Waals surface area contributed by atoms with Crippen molar-refractivity contribution in [2.75, 3.05) is 32.5 Å². The van der Waals surface area contributed by atoms with Crippen LogP contribution in [0.1, 0.15) is 49.8 Å². The molecule has 0 spiro atoms. The second kappa shape index (κ2) is 15.9. The molecule has 2 rings (SSSR count). The highest BCUT2D eigenvalue weighted by atomic mass is 32.2. The lowest BCUT2D eigenvalue weighted by Crippen LogP contribution is -2.46. The summed E-state index contributed by atoms with van der Waals surface area (Å²) >= 11 is 0. The minimum atomic E-state index is -4.50. The molecule has 2 atom stereocenters. The van der Waals surface area contributed by atoms with Gasteiger partial charge >= 0.3 is 12.1 Å². The Kier molecular flexibility index (Phi) is 13.4. The Bertz CT molecular complexity index is 1170. The maximum atomic E-state index is 13.2. The number of sulfonamides is 1. The van der Waals surface area contributed by atoms with Crippen molar-refractivity contribution in [3.8, 4) is 5.75 Å². The molecule has 40 heavy (non-hydrogen) atoms. The molecular weight excluding hydrogens is 547 g/mol. The highest BCUT2D eigenvalue weighted by Gasteiger charge is 2.31. The lowest BCUT2D eigenvalue weighted by Gasteiger charge is -2.25. The van der Waals surface area contributed by atoms with Crippen molar-refractivity contribution in [2.45, 2.75) is 64.4 Å². The van der Waals surface area contributed by atoms with Gasteiger partial charge in [0.25, 0.3) is 0 Å². The molecule has 224 valence electrons. The third kappa shape index (κ3) is 11.1. The summed E-state index contributed by atoms with van der Waals surface area (Å²) in [6.07, 6.45) is -4.47. The fourth-order valence-electron chi connectivity index (χ4n) is 4.16. The van der Waals surface area contributed by atoms with Crippen LogP contribution < -0.4 is 15.8 Å². The van der Waals surface area contributed by atoms with Gasteiger partial charge in [-0.15, -0.1) is 0 Å². The summed E-state index contributed by atoms with van der Waals surface area (Å²) in [5.74, 6) is -0.479. The summed E-state index contributed by atoms with van der Waals surface area (Å²) in [6.45, 7) is 4.98. The van der Waals surface area contributed by atoms with Crippen molar-refractivity contribution < 1.29 is 35.9 Å². The summed E-state index contributed by atoms with van der Waals surface area (Å²) in [5, 5.41) is 3.17. The van der Waals surface area contributed by atoms with Crippen LogP contribution in [0, 0.1) is 0 Å². The second-order valence-electron chi connectivity index (χ2n) is 9.54. The number of nitrogens with zero attached hydrogens (tertiary/aromatic N) is 1. The Balaban J connectivity index is 2.12. The predicted molar refractivity (Wildman–Crippen MR) is 148 cm³/mol. The monoisotopic (exact) mass is 587 g/mol. The van der Waals surface area contributed by atoms with Crippen molar-refractivity contribution in [1.29, 1.82) is 0 Å². The minimum Gasteiger partial charge on any atom is -0.497 e. The number of nitrogens with one attached hydrogen (secondary N) is 1. The van der Waals surface area contributed by atoms with Crippen LogP contribution >= 0.6 is 0 Å². The smallest absolute Gasteiger partial charge is 0.416 e. The molecule has 2 aromatic carbocycles. The second-order valence-corrected chi connectivity index (χ2v) is 11.6. The quantitative estimate of drug-likeness (QED) is 0.268. The average Bonchev–Trinajstić information content (AvgIpc) is 2.91. The van der Waals surface area contributed by atoms with E-state index in [9.17, 15) is 26.4 Å². The van der Waals surface area contributed by atoms with E-state index in [1.807, 2.05) is 32.0 Å². The topological polar surface area (TPSA) is 111 Å². The van der Waals surface area contributed by atoms with E-state index in [0.717, 1.165) is 17.7 Å². The van der Waals surface area contributed by atoms with Crippen LogP contribution in [-0.4, -0.2) is 63.3 Å². The number of carbonyl (C=O) groups excluding carboxylic acids is 1. The third-order valence-corrected chi connectivity index (χ3v) is 8.07. The van der Waals surface area contributed by atoms with Gasteiger partial charge in [0.15, 0.2) is 0 Å². The van der Waals surface area contributed by atoms with Crippen LogP contribution in [0.25, 0.3) is 0 Å². The Labute approximate surface area is 235 Å². The van der Waals surface area contributed by atoms with E-state index in [1.165, 1.54) is 16.4 Å². The van der Waals surface area contributed by atoms with Crippen LogP contribution in [0.2, 0.25) is 0 Å². The number of rotatable bonds is 17. The Morgan fingerprint density at radius 3 is 2.33 bits per heavy atom. The van der Waals surface area contributed by atoms with Crippen LogP contribution in [0.3, 0.4) is 0 Å². The Morgan fingerprint density at radius 1 is 1.05 bits per heavy atom. The zero-order valence-electron chi connectivity index (χ0n) is 23.2. The molecular formula is C28H40F3N3O5S. The lowest BCUT2D eigenvalue weighted by atomic mass is 10.00. The number of hydrogen-bond acceptors (Lipinski definition) is 7. The van der Waals surface area contributed by atoms with E-state index in [-0.39, 0.29) is 19.4 Å². The van der Waals surface area contributed by atoms with Gasteiger partial charge in [0, 0.05) is 32.2 Å². The van der Waals surface area contributed by atoms with E-state index in [0.29, 0.717) is 43.8 Å². The number of carbonyl (C=O) groups is 1. The van der Waals surface area contributed by atoms with Crippen molar-refractivity contribution in [3.05, 3.63) is 65.2 Å². The van der Waals surface area contributed by atoms with E-state index in [2.05, 4.69) is 5.32 Å². The first-order valence-electron chi connectivity index (χ1n) is 13.3. The molecule has 0 unspecified atom stereocenters. The van der Waals surface area contributed by atoms with Gasteiger partial charge in [-0.2, -0.15) is 13.2 Å². The van der Waals surface area contributed by atoms with Crippen molar-refractivity contribution in [1.82, 2.24) is 9.62 Å². The van der Waals surface area contributed by atoms with Crippen LogP contribution in [0.5, 0.6) is 5.75 Å². The van der Waals surface area contributed by atoms with Gasteiger partial charge in [-0.3, -0.25) is 4.79 Å². The molecule has 8 nitrogen and oxygen atoms in total. The molecule has 0 saturated carbocycles. The van der Waals surface area contributed by atoms with E-state index < -0.39 is 45.6 Å². The Morgan fingerprint density at radius 2 is 1.70 bits per heavy atom. The van der Waals surface area contributed by atoms with E-state index in [1.54, 1.807) is 13.2 Å². The van der Waals surface area contributed by atoms with Crippen molar-refractivity contribution in [3.63, 3.8) is 0 Å². The molecule has 0 saturated heterocycles. The highest BCUT2D eigenvalue weighted by molar-refractivity contribution is 7.89. The molecule has 3 N–H and O–H groups in total. The van der Waals surface area contributed by atoms with E-state index in [4.69, 9.17) is 15.2 Å². The number of benzene rings is 2. The largest absolute Gasteiger partial charge is 0.497 e. The standard InChI is InChI=1S/C28H40F3N3O5S/c1-4-13-34(14-5-2)40(36,37)15-12-27(35)39-26(20-33-19-22-9-7-11-24(17-22)38-3)25(32)18-21-8-6-10-23(16-21)28(29,30)31/h6-11,16-17,25-26,33H,4-5,12-15,18-20,32H2,1-3H3/t25-,26+/m0/s1. The molecule has 0 aliphatic heterocycles. The van der Waals surface area contributed by atoms with Gasteiger partial charge < -0.3 is 20.5 Å². The van der Waals surface area contributed by atoms with Gasteiger partial charge in [-0.05, 0) is 48.6 Å². The first-order valence-corrected chi connectivity index (χ1v) is 14.9. The SMILES string of the molecule is CCCN(CCC)S(=O)(=O)CCC(=O)O[C@H](CNCc1cccc(OC)c1)[C@@H](N)Cc1cccc(C(F)(F)F)c1. The van der Waals surface area contributed by atoms with Gasteiger partial charge in [0.2, 0.25) is 10.0 Å². The molecule has 0 bridgehead atoms. The van der Waals surface area contributed by atoms with Crippen LogP contribution in [0.15, 0.2) is 48.5 Å². The number of hydrogen-bond donors (Lipinski definition) is 2. The molecule has 0 aliphatic carbocycles. The van der Waals surface area contributed by atoms with Crippen molar-refractivity contribution in [2.24, 2.45) is 5.73 Å². The van der Waals surface area contributed by atoms with Gasteiger partial charge in [0.1, 0.15) is 11.9 Å². The molecule has 2 aromatic rings. The molecule has 12 heteroatoms. The molecule has 0 aliphatic rings. The number of ether oxygens (including phenoxy) is 2. The van der Waals surface area contributed by atoms with Gasteiger partial charge in [-0.1, -0.05) is 44.2 Å². The van der Waals surface area contributed by atoms with Gasteiger partial charge in [-0.25, -0.2) is 12.7 Å². The summed E-state index contributed by atoms with van der Waals surface area (Å²) in [5.41, 5.74) is 6.79. The summed E-state index contributed by atoms with van der Waals surface area (Å²) < 4.78 is 77.2. The number of halogens is 3. The number of nitrogens with two attached hydrogens (primary N) is 1. The first-order chi connectivity index (χ1) is 18.9. The molecule has 0 aromatic heterocycles. The minimum absolute atomic E-state index is 0.0157. The van der Waals surface area contributed by atoms with Gasteiger partial charge in [0.05, 0.1) is 24.8 Å². The maximum absolute atomic E-state index is 13.2. The number of alkyl halides is 3. The average molecular weight is 588 g/mol. The lowest BCUT2D eigenvalue weighted by molar-refractivity contribution is -0.149. The molecule has 0 amide bonds. The zero-order valence-corrected chi connectivity index (χ0v) is 24.1. The molecule has 0 radical (unpaired) electrons. The maximum Gasteiger partial charge on any atom is 0.416 e. The Hall–Kier alpha value is -2.67. The first kappa shape index (κ1) is 33.5. The number of esters is 1. The third-order valence-electron chi connectivity index (χ3n) is 6.20. The summed E-state index contributed by atoms with van der Waals surface area (Å²) in [7, 11) is -2.10.